The van der Waals surface area contributed by atoms with Gasteiger partial charge >= 0.3 is 5.97 Å². The molecule has 0 N–H and O–H groups in total. The summed E-state index contributed by atoms with van der Waals surface area (Å²) in [5, 5.41) is 8.52. The molecule has 4 rings (SSSR count). The maximum absolute atomic E-state index is 11.7. The predicted octanol–water partition coefficient (Wildman–Crippen LogP) is 5.84. The third-order valence-electron chi connectivity index (χ3n) is 4.79. The fraction of sp³-hybridized carbons (Fsp3) is 0.227. The number of benzene rings is 4. The summed E-state index contributed by atoms with van der Waals surface area (Å²) in [5.41, 5.74) is 1.30. The summed E-state index contributed by atoms with van der Waals surface area (Å²) in [5.74, 6) is -0.114. The summed E-state index contributed by atoms with van der Waals surface area (Å²) in [6, 6.07) is 19.7. The van der Waals surface area contributed by atoms with Crippen molar-refractivity contribution in [1.29, 1.82) is 0 Å². The van der Waals surface area contributed by atoms with Gasteiger partial charge < -0.3 is 4.74 Å². The highest BCUT2D eigenvalue weighted by Gasteiger charge is 2.11. The van der Waals surface area contributed by atoms with Gasteiger partial charge in [0.05, 0.1) is 0 Å². The third kappa shape index (κ3) is 3.09. The zero-order valence-corrected chi connectivity index (χ0v) is 15.5. The molecule has 0 bridgehead atoms. The lowest BCUT2D eigenvalue weighted by atomic mass is 9.90. The molecule has 0 aliphatic heterocycles. The molecule has 0 aromatic heterocycles. The number of esters is 1. The number of rotatable bonds is 6. The van der Waals surface area contributed by atoms with Gasteiger partial charge in [-0.2, -0.15) is 0 Å². The Balaban J connectivity index is 1.67. The number of hydrogen-bond donors (Lipinski definition) is 0. The Morgan fingerprint density at radius 2 is 1.56 bits per heavy atom. The molecule has 3 heteroatoms. The van der Waals surface area contributed by atoms with Crippen molar-refractivity contribution in [3.63, 3.8) is 0 Å². The zero-order chi connectivity index (χ0) is 17.2. The normalized spacial score (nSPS) is 11.6. The van der Waals surface area contributed by atoms with Crippen LogP contribution < -0.4 is 0 Å². The minimum atomic E-state index is -0.114. The fourth-order valence-electron chi connectivity index (χ4n) is 3.66. The lowest BCUT2D eigenvalue weighted by molar-refractivity contribution is -0.143. The van der Waals surface area contributed by atoms with E-state index in [9.17, 15) is 4.79 Å². The van der Waals surface area contributed by atoms with Crippen molar-refractivity contribution in [1.82, 2.24) is 0 Å². The highest BCUT2D eigenvalue weighted by atomic mass is 79.9. The summed E-state index contributed by atoms with van der Waals surface area (Å²) in [6.45, 7) is 0.442. The van der Waals surface area contributed by atoms with Crippen LogP contribution in [-0.2, 0) is 16.0 Å². The van der Waals surface area contributed by atoms with E-state index in [1.165, 1.54) is 37.9 Å². The molecule has 0 aliphatic rings. The first-order valence-corrected chi connectivity index (χ1v) is 9.77. The van der Waals surface area contributed by atoms with E-state index in [-0.39, 0.29) is 5.97 Å². The molecule has 0 amide bonds. The van der Waals surface area contributed by atoms with Crippen LogP contribution in [0.2, 0.25) is 0 Å². The molecule has 0 fully saturated rings. The second kappa shape index (κ2) is 7.01. The molecule has 25 heavy (non-hydrogen) atoms. The quantitative estimate of drug-likeness (QED) is 0.233. The van der Waals surface area contributed by atoms with E-state index in [4.69, 9.17) is 4.74 Å². The molecule has 0 spiro atoms. The third-order valence-corrected chi connectivity index (χ3v) is 5.11. The predicted molar refractivity (Wildman–Crippen MR) is 108 cm³/mol. The average molecular weight is 395 g/mol. The smallest absolute Gasteiger partial charge is 0.305 e. The topological polar surface area (TPSA) is 26.3 Å². The molecule has 126 valence electrons. The summed E-state index contributed by atoms with van der Waals surface area (Å²) >= 11 is 3.26. The van der Waals surface area contributed by atoms with E-state index in [0.29, 0.717) is 18.4 Å². The van der Waals surface area contributed by atoms with E-state index in [1.807, 2.05) is 0 Å². The molecule has 4 aromatic rings. The number of aryl methyl sites for hydroxylation is 1. The van der Waals surface area contributed by atoms with E-state index in [1.54, 1.807) is 0 Å². The summed E-state index contributed by atoms with van der Waals surface area (Å²) in [6.07, 6.45) is 2.16. The Labute approximate surface area is 155 Å². The minimum absolute atomic E-state index is 0.114. The van der Waals surface area contributed by atoms with Crippen molar-refractivity contribution >= 4 is 54.2 Å². The Morgan fingerprint density at radius 3 is 2.32 bits per heavy atom. The number of carbonyl (C=O) groups excluding carboxylic acids is 1. The van der Waals surface area contributed by atoms with E-state index >= 15 is 0 Å². The maximum atomic E-state index is 11.7. The molecule has 0 heterocycles. The van der Waals surface area contributed by atoms with E-state index in [0.717, 1.165) is 12.8 Å². The molecule has 0 aliphatic carbocycles. The molecule has 0 radical (unpaired) electrons. The molecule has 0 atom stereocenters. The minimum Gasteiger partial charge on any atom is -0.465 e. The van der Waals surface area contributed by atoms with Gasteiger partial charge in [0.2, 0.25) is 0 Å². The Hall–Kier alpha value is -2.13. The highest BCUT2D eigenvalue weighted by molar-refractivity contribution is 9.09. The van der Waals surface area contributed by atoms with Crippen LogP contribution in [0.15, 0.2) is 54.6 Å². The summed E-state index contributed by atoms with van der Waals surface area (Å²) in [7, 11) is 0. The second-order valence-corrected chi connectivity index (χ2v) is 7.14. The Bertz CT molecular complexity index is 1020. The number of halogens is 1. The Morgan fingerprint density at radius 1 is 0.880 bits per heavy atom. The molecular formula is C22H19BrO2. The van der Waals surface area contributed by atoms with Gasteiger partial charge in [0.25, 0.3) is 0 Å². The van der Waals surface area contributed by atoms with Gasteiger partial charge in [0.15, 0.2) is 0 Å². The van der Waals surface area contributed by atoms with Gasteiger partial charge in [0, 0.05) is 11.8 Å². The van der Waals surface area contributed by atoms with Crippen LogP contribution in [0.1, 0.15) is 18.4 Å². The van der Waals surface area contributed by atoms with Crippen LogP contribution in [-0.4, -0.2) is 17.9 Å². The molecule has 4 aromatic carbocycles. The maximum Gasteiger partial charge on any atom is 0.305 e. The largest absolute Gasteiger partial charge is 0.465 e. The van der Waals surface area contributed by atoms with E-state index in [2.05, 4.69) is 70.5 Å². The number of carbonyl (C=O) groups is 1. The van der Waals surface area contributed by atoms with Crippen molar-refractivity contribution in [3.05, 3.63) is 60.2 Å². The van der Waals surface area contributed by atoms with Crippen molar-refractivity contribution in [3.8, 4) is 0 Å². The van der Waals surface area contributed by atoms with Crippen molar-refractivity contribution in [2.75, 3.05) is 11.9 Å². The van der Waals surface area contributed by atoms with Crippen LogP contribution >= 0.6 is 15.9 Å². The average Bonchev–Trinajstić information content (AvgIpc) is 2.65. The molecular weight excluding hydrogens is 376 g/mol. The van der Waals surface area contributed by atoms with Crippen LogP contribution in [0.5, 0.6) is 0 Å². The molecule has 0 unspecified atom stereocenters. The van der Waals surface area contributed by atoms with Crippen molar-refractivity contribution in [2.45, 2.75) is 19.3 Å². The monoisotopic (exact) mass is 394 g/mol. The molecule has 0 saturated heterocycles. The lowest BCUT2D eigenvalue weighted by Crippen LogP contribution is -2.06. The van der Waals surface area contributed by atoms with Gasteiger partial charge in [-0.1, -0.05) is 70.5 Å². The lowest BCUT2D eigenvalue weighted by Gasteiger charge is -2.13. The zero-order valence-electron chi connectivity index (χ0n) is 13.9. The van der Waals surface area contributed by atoms with Crippen LogP contribution in [0.25, 0.3) is 32.3 Å². The highest BCUT2D eigenvalue weighted by Crippen LogP contribution is 2.36. The number of ether oxygens (including phenoxy) is 1. The van der Waals surface area contributed by atoms with Crippen LogP contribution in [0, 0.1) is 0 Å². The second-order valence-electron chi connectivity index (χ2n) is 6.34. The first-order valence-electron chi connectivity index (χ1n) is 8.65. The van der Waals surface area contributed by atoms with Crippen LogP contribution in [0.4, 0.5) is 0 Å². The van der Waals surface area contributed by atoms with E-state index < -0.39 is 0 Å². The summed E-state index contributed by atoms with van der Waals surface area (Å²) in [4.78, 5) is 11.7. The fourth-order valence-corrected chi connectivity index (χ4v) is 3.82. The first kappa shape index (κ1) is 16.3. The van der Waals surface area contributed by atoms with Gasteiger partial charge in [-0.05, 0) is 50.7 Å². The first-order chi connectivity index (χ1) is 12.3. The van der Waals surface area contributed by atoms with Gasteiger partial charge in [-0.3, -0.25) is 4.79 Å². The SMILES string of the molecule is O=C(CCCc1ccc2ccc3cccc4ccc1c2c34)OCCBr. The summed E-state index contributed by atoms with van der Waals surface area (Å²) < 4.78 is 5.12. The van der Waals surface area contributed by atoms with Crippen molar-refractivity contribution in [2.24, 2.45) is 0 Å². The van der Waals surface area contributed by atoms with Gasteiger partial charge in [0.1, 0.15) is 6.61 Å². The van der Waals surface area contributed by atoms with Gasteiger partial charge in [-0.25, -0.2) is 0 Å². The number of alkyl halides is 1. The molecule has 2 nitrogen and oxygen atoms in total. The van der Waals surface area contributed by atoms with Gasteiger partial charge in [-0.15, -0.1) is 0 Å². The molecule has 0 saturated carbocycles. The van der Waals surface area contributed by atoms with Crippen LogP contribution in [0.3, 0.4) is 0 Å². The van der Waals surface area contributed by atoms with Crippen molar-refractivity contribution < 1.29 is 9.53 Å². The number of hydrogen-bond acceptors (Lipinski definition) is 2. The Kier molecular flexibility index (Phi) is 4.58. The standard InChI is InChI=1S/C22H19BrO2/c23-13-14-25-20(24)6-2-3-15-7-8-18-10-9-16-4-1-5-17-11-12-19(15)22(18)21(16)17/h1,4-5,7-12H,2-3,6,13-14H2.